The van der Waals surface area contributed by atoms with E-state index in [9.17, 15) is 4.79 Å². The van der Waals surface area contributed by atoms with Crippen LogP contribution in [0.1, 0.15) is 51.9 Å². The van der Waals surface area contributed by atoms with Gasteiger partial charge in [-0.05, 0) is 28.8 Å². The highest BCUT2D eigenvalue weighted by Crippen LogP contribution is 2.51. The second kappa shape index (κ2) is 6.75. The fraction of sp³-hybridized carbons (Fsp3) is 0.562. The molecule has 0 unspecified atom stereocenters. The van der Waals surface area contributed by atoms with Gasteiger partial charge in [-0.2, -0.15) is 11.2 Å². The minimum Gasteiger partial charge on any atom is -0.298 e. The smallest absolute Gasteiger partial charge is 0.150 e. The monoisotopic (exact) mass is 294 g/mol. The van der Waals surface area contributed by atoms with E-state index >= 15 is 0 Å². The van der Waals surface area contributed by atoms with E-state index in [1.54, 1.807) is 0 Å². The molecule has 0 radical (unpaired) electrons. The first kappa shape index (κ1) is 16.5. The van der Waals surface area contributed by atoms with Crippen LogP contribution in [0.4, 0.5) is 0 Å². The SMILES string of the molecule is CC(C)[Si](Sc1ccc(C=O)cc1)(C(C)C)C(C)C. The van der Waals surface area contributed by atoms with Crippen molar-refractivity contribution in [2.45, 2.75) is 63.1 Å². The van der Waals surface area contributed by atoms with Crippen molar-refractivity contribution >= 4 is 24.7 Å². The molecular formula is C16H26OSSi. The van der Waals surface area contributed by atoms with Crippen LogP contribution in [0.25, 0.3) is 0 Å². The van der Waals surface area contributed by atoms with Gasteiger partial charge >= 0.3 is 0 Å². The van der Waals surface area contributed by atoms with Crippen LogP contribution in [0.3, 0.4) is 0 Å². The lowest BCUT2D eigenvalue weighted by atomic mass is 10.2. The minimum atomic E-state index is -1.47. The summed E-state index contributed by atoms with van der Waals surface area (Å²) in [6.07, 6.45) is 0.909. The van der Waals surface area contributed by atoms with Gasteiger partial charge in [0.25, 0.3) is 0 Å². The van der Waals surface area contributed by atoms with Crippen LogP contribution >= 0.6 is 11.2 Å². The van der Waals surface area contributed by atoms with Gasteiger partial charge in [-0.3, -0.25) is 4.79 Å². The predicted octanol–water partition coefficient (Wildman–Crippen LogP) is 5.77. The third-order valence-electron chi connectivity index (χ3n) is 4.02. The van der Waals surface area contributed by atoms with Crippen molar-refractivity contribution in [3.8, 4) is 0 Å². The fourth-order valence-corrected chi connectivity index (χ4v) is 12.3. The minimum absolute atomic E-state index is 0.739. The molecule has 0 heterocycles. The summed E-state index contributed by atoms with van der Waals surface area (Å²) >= 11 is 2.10. The van der Waals surface area contributed by atoms with Crippen LogP contribution in [-0.4, -0.2) is 13.5 Å². The van der Waals surface area contributed by atoms with E-state index in [0.29, 0.717) is 0 Å². The molecule has 19 heavy (non-hydrogen) atoms. The summed E-state index contributed by atoms with van der Waals surface area (Å²) in [6, 6.07) is 8.05. The number of hydrogen-bond donors (Lipinski definition) is 0. The molecule has 1 nitrogen and oxygen atoms in total. The molecule has 0 spiro atoms. The number of aldehydes is 1. The maximum atomic E-state index is 10.7. The standard InChI is InChI=1S/C16H26OSSi/c1-12(2)19(13(3)4,14(5)6)18-16-9-7-15(11-17)8-10-16/h7-14H,1-6H3. The zero-order valence-corrected chi connectivity index (χ0v) is 14.8. The largest absolute Gasteiger partial charge is 0.298 e. The summed E-state index contributed by atoms with van der Waals surface area (Å²) in [4.78, 5) is 12.0. The fourth-order valence-electron chi connectivity index (χ4n) is 3.17. The highest BCUT2D eigenvalue weighted by atomic mass is 32.4. The van der Waals surface area contributed by atoms with Gasteiger partial charge in [0, 0.05) is 10.5 Å². The Morgan fingerprint density at radius 3 is 1.63 bits per heavy atom. The summed E-state index contributed by atoms with van der Waals surface area (Å²) < 4.78 is 0. The number of benzene rings is 1. The summed E-state index contributed by atoms with van der Waals surface area (Å²) in [6.45, 7) is 14.2. The maximum absolute atomic E-state index is 10.7. The van der Waals surface area contributed by atoms with Crippen LogP contribution in [0, 0.1) is 0 Å². The highest BCUT2D eigenvalue weighted by Gasteiger charge is 2.43. The predicted molar refractivity (Wildman–Crippen MR) is 88.7 cm³/mol. The number of rotatable bonds is 6. The lowest BCUT2D eigenvalue weighted by Crippen LogP contribution is -2.40. The van der Waals surface area contributed by atoms with Crippen LogP contribution in [0.15, 0.2) is 29.2 Å². The van der Waals surface area contributed by atoms with Crippen LogP contribution in [0.5, 0.6) is 0 Å². The molecule has 0 saturated heterocycles. The van der Waals surface area contributed by atoms with Crippen molar-refractivity contribution in [3.63, 3.8) is 0 Å². The average Bonchev–Trinajstić information content (AvgIpc) is 2.35. The van der Waals surface area contributed by atoms with Crippen LogP contribution < -0.4 is 0 Å². The molecule has 0 aliphatic rings. The molecule has 0 saturated carbocycles. The highest BCUT2D eigenvalue weighted by molar-refractivity contribution is 8.29. The van der Waals surface area contributed by atoms with Crippen LogP contribution in [0.2, 0.25) is 16.6 Å². The Balaban J connectivity index is 3.09. The molecular weight excluding hydrogens is 268 g/mol. The Bertz CT molecular complexity index is 387. The first-order valence-electron chi connectivity index (χ1n) is 7.08. The van der Waals surface area contributed by atoms with Crippen molar-refractivity contribution in [2.75, 3.05) is 0 Å². The molecule has 0 aliphatic heterocycles. The van der Waals surface area contributed by atoms with Crippen molar-refractivity contribution < 1.29 is 4.79 Å². The third-order valence-corrected chi connectivity index (χ3v) is 16.3. The van der Waals surface area contributed by atoms with Crippen molar-refractivity contribution in [2.24, 2.45) is 0 Å². The molecule has 0 aliphatic carbocycles. The van der Waals surface area contributed by atoms with Gasteiger partial charge in [0.05, 0.1) is 0 Å². The Labute approximate surface area is 122 Å². The average molecular weight is 295 g/mol. The van der Waals surface area contributed by atoms with E-state index < -0.39 is 7.22 Å². The Hall–Kier alpha value is -0.543. The Morgan fingerprint density at radius 2 is 1.32 bits per heavy atom. The van der Waals surface area contributed by atoms with E-state index in [2.05, 4.69) is 64.9 Å². The van der Waals surface area contributed by atoms with E-state index in [4.69, 9.17) is 0 Å². The molecule has 1 aromatic carbocycles. The lowest BCUT2D eigenvalue weighted by Gasteiger charge is -2.42. The van der Waals surface area contributed by atoms with Gasteiger partial charge < -0.3 is 0 Å². The molecule has 0 fully saturated rings. The third kappa shape index (κ3) is 3.51. The van der Waals surface area contributed by atoms with Gasteiger partial charge in [-0.15, -0.1) is 0 Å². The second-order valence-corrected chi connectivity index (χ2v) is 14.7. The zero-order valence-electron chi connectivity index (χ0n) is 12.9. The summed E-state index contributed by atoms with van der Waals surface area (Å²) in [5.41, 5.74) is 2.98. The molecule has 1 aromatic rings. The molecule has 106 valence electrons. The number of carbonyl (C=O) groups excluding carboxylic acids is 1. The van der Waals surface area contributed by atoms with Gasteiger partial charge in [0.1, 0.15) is 13.5 Å². The summed E-state index contributed by atoms with van der Waals surface area (Å²) in [5.74, 6) is 0. The van der Waals surface area contributed by atoms with E-state index in [1.165, 1.54) is 4.90 Å². The zero-order chi connectivity index (χ0) is 14.6. The van der Waals surface area contributed by atoms with Crippen molar-refractivity contribution in [3.05, 3.63) is 29.8 Å². The summed E-state index contributed by atoms with van der Waals surface area (Å²) in [5, 5.41) is 0. The first-order valence-corrected chi connectivity index (χ1v) is 10.9. The molecule has 0 atom stereocenters. The molecule has 1 rings (SSSR count). The number of carbonyl (C=O) groups is 1. The maximum Gasteiger partial charge on any atom is 0.150 e. The molecule has 3 heteroatoms. The first-order chi connectivity index (χ1) is 8.84. The molecule has 0 aromatic heterocycles. The lowest BCUT2D eigenvalue weighted by molar-refractivity contribution is 0.112. The van der Waals surface area contributed by atoms with E-state index in [1.807, 2.05) is 12.1 Å². The Kier molecular flexibility index (Phi) is 5.87. The Morgan fingerprint density at radius 1 is 0.895 bits per heavy atom. The summed E-state index contributed by atoms with van der Waals surface area (Å²) in [7, 11) is -1.47. The molecule has 0 amide bonds. The van der Waals surface area contributed by atoms with Crippen molar-refractivity contribution in [1.29, 1.82) is 0 Å². The molecule has 0 N–H and O–H groups in total. The van der Waals surface area contributed by atoms with Gasteiger partial charge in [-0.1, -0.05) is 53.7 Å². The topological polar surface area (TPSA) is 17.1 Å². The van der Waals surface area contributed by atoms with Crippen LogP contribution in [-0.2, 0) is 0 Å². The van der Waals surface area contributed by atoms with Gasteiger partial charge in [-0.25, -0.2) is 0 Å². The number of hydrogen-bond acceptors (Lipinski definition) is 2. The van der Waals surface area contributed by atoms with Crippen molar-refractivity contribution in [1.82, 2.24) is 0 Å². The molecule has 0 bridgehead atoms. The van der Waals surface area contributed by atoms with Gasteiger partial charge in [0.15, 0.2) is 0 Å². The van der Waals surface area contributed by atoms with Gasteiger partial charge in [0.2, 0.25) is 0 Å². The normalized spacial score (nSPS) is 12.5. The van der Waals surface area contributed by atoms with E-state index in [0.717, 1.165) is 28.5 Å². The van der Waals surface area contributed by atoms with E-state index in [-0.39, 0.29) is 0 Å². The second-order valence-electron chi connectivity index (χ2n) is 6.11. The quantitative estimate of drug-likeness (QED) is 0.489.